The highest BCUT2D eigenvalue weighted by Gasteiger charge is 2.02. The molecule has 0 bridgehead atoms. The third-order valence-corrected chi connectivity index (χ3v) is 2.71. The minimum Gasteiger partial charge on any atom is -0.376 e. The van der Waals surface area contributed by atoms with E-state index in [9.17, 15) is 4.39 Å². The van der Waals surface area contributed by atoms with Gasteiger partial charge in [-0.3, -0.25) is 0 Å². The predicted molar refractivity (Wildman–Crippen MR) is 58.4 cm³/mol. The van der Waals surface area contributed by atoms with E-state index in [1.807, 2.05) is 6.92 Å². The highest BCUT2D eigenvalue weighted by atomic mass is 32.1. The number of hydrogen-bond donors (Lipinski definition) is 1. The molecule has 0 atom stereocenters. The molecule has 5 heteroatoms. The Bertz CT molecular complexity index is 455. The zero-order valence-corrected chi connectivity index (χ0v) is 9.01. The van der Waals surface area contributed by atoms with Crippen molar-refractivity contribution in [3.63, 3.8) is 0 Å². The molecule has 0 amide bonds. The molecule has 0 spiro atoms. The molecule has 0 saturated carbocycles. The first kappa shape index (κ1) is 10.0. The van der Waals surface area contributed by atoms with Crippen LogP contribution in [-0.4, -0.2) is 10.2 Å². The Morgan fingerprint density at radius 3 is 2.80 bits per heavy atom. The highest BCUT2D eigenvalue weighted by molar-refractivity contribution is 7.11. The fraction of sp³-hybridized carbons (Fsp3) is 0.200. The Labute approximate surface area is 91.0 Å². The predicted octanol–water partition coefficient (Wildman–Crippen LogP) is 2.60. The van der Waals surface area contributed by atoms with Crippen molar-refractivity contribution in [2.45, 2.75) is 13.5 Å². The van der Waals surface area contributed by atoms with Gasteiger partial charge in [0, 0.05) is 0 Å². The maximum absolute atomic E-state index is 13.2. The summed E-state index contributed by atoms with van der Waals surface area (Å²) in [5.74, 6) is -0.251. The van der Waals surface area contributed by atoms with Crippen molar-refractivity contribution in [1.29, 1.82) is 0 Å². The summed E-state index contributed by atoms with van der Waals surface area (Å²) in [6.45, 7) is 2.40. The standard InChI is InChI=1S/C10H10FN3S/c1-7-13-14-10(15-7)6-12-9-5-3-2-4-8(9)11/h2-5,12H,6H2,1H3. The molecule has 0 unspecified atom stereocenters. The van der Waals surface area contributed by atoms with Gasteiger partial charge in [-0.25, -0.2) is 4.39 Å². The summed E-state index contributed by atoms with van der Waals surface area (Å²) in [7, 11) is 0. The van der Waals surface area contributed by atoms with Gasteiger partial charge in [0.1, 0.15) is 15.8 Å². The van der Waals surface area contributed by atoms with Crippen molar-refractivity contribution >= 4 is 17.0 Å². The van der Waals surface area contributed by atoms with Gasteiger partial charge in [-0.15, -0.1) is 10.2 Å². The molecule has 0 aliphatic carbocycles. The summed E-state index contributed by atoms with van der Waals surface area (Å²) in [5, 5.41) is 12.6. The molecule has 78 valence electrons. The van der Waals surface area contributed by atoms with Crippen molar-refractivity contribution in [3.05, 3.63) is 40.1 Å². The monoisotopic (exact) mass is 223 g/mol. The van der Waals surface area contributed by atoms with E-state index in [1.165, 1.54) is 17.4 Å². The number of nitrogens with one attached hydrogen (secondary N) is 1. The Balaban J connectivity index is 2.02. The second-order valence-corrected chi connectivity index (χ2v) is 4.31. The summed E-state index contributed by atoms with van der Waals surface area (Å²) >= 11 is 1.51. The van der Waals surface area contributed by atoms with Crippen LogP contribution < -0.4 is 5.32 Å². The van der Waals surface area contributed by atoms with Crippen LogP contribution >= 0.6 is 11.3 Å². The van der Waals surface area contributed by atoms with Gasteiger partial charge in [0.05, 0.1) is 12.2 Å². The van der Waals surface area contributed by atoms with E-state index in [1.54, 1.807) is 18.2 Å². The Morgan fingerprint density at radius 1 is 1.33 bits per heavy atom. The van der Waals surface area contributed by atoms with Gasteiger partial charge in [0.25, 0.3) is 0 Å². The summed E-state index contributed by atoms with van der Waals surface area (Å²) < 4.78 is 13.2. The molecule has 0 radical (unpaired) electrons. The minimum absolute atomic E-state index is 0.251. The fourth-order valence-corrected chi connectivity index (χ4v) is 1.83. The van der Waals surface area contributed by atoms with Crippen LogP contribution in [0.5, 0.6) is 0 Å². The second-order valence-electron chi connectivity index (χ2n) is 3.05. The van der Waals surface area contributed by atoms with Crippen molar-refractivity contribution in [2.75, 3.05) is 5.32 Å². The average Bonchev–Trinajstić information content (AvgIpc) is 2.63. The molecule has 3 nitrogen and oxygen atoms in total. The van der Waals surface area contributed by atoms with Gasteiger partial charge in [-0.1, -0.05) is 23.5 Å². The van der Waals surface area contributed by atoms with Crippen LogP contribution in [0.2, 0.25) is 0 Å². The van der Waals surface area contributed by atoms with E-state index < -0.39 is 0 Å². The van der Waals surface area contributed by atoms with Crippen LogP contribution in [0, 0.1) is 12.7 Å². The largest absolute Gasteiger partial charge is 0.376 e. The van der Waals surface area contributed by atoms with E-state index in [4.69, 9.17) is 0 Å². The van der Waals surface area contributed by atoms with Crippen LogP contribution in [0.4, 0.5) is 10.1 Å². The third kappa shape index (κ3) is 2.50. The van der Waals surface area contributed by atoms with E-state index in [2.05, 4.69) is 15.5 Å². The topological polar surface area (TPSA) is 37.8 Å². The zero-order chi connectivity index (χ0) is 10.7. The van der Waals surface area contributed by atoms with E-state index in [0.717, 1.165) is 10.0 Å². The number of para-hydroxylation sites is 1. The quantitative estimate of drug-likeness (QED) is 0.869. The van der Waals surface area contributed by atoms with Crippen LogP contribution in [0.15, 0.2) is 24.3 Å². The number of halogens is 1. The smallest absolute Gasteiger partial charge is 0.146 e. The van der Waals surface area contributed by atoms with E-state index in [0.29, 0.717) is 12.2 Å². The number of rotatable bonds is 3. The molecule has 0 fully saturated rings. The summed E-state index contributed by atoms with van der Waals surface area (Å²) in [5.41, 5.74) is 0.491. The molecular weight excluding hydrogens is 213 g/mol. The first-order chi connectivity index (χ1) is 7.25. The van der Waals surface area contributed by atoms with Gasteiger partial charge >= 0.3 is 0 Å². The lowest BCUT2D eigenvalue weighted by molar-refractivity contribution is 0.630. The molecule has 1 heterocycles. The van der Waals surface area contributed by atoms with Crippen molar-refractivity contribution in [3.8, 4) is 0 Å². The molecule has 1 N–H and O–H groups in total. The minimum atomic E-state index is -0.251. The first-order valence-corrected chi connectivity index (χ1v) is 5.35. The maximum Gasteiger partial charge on any atom is 0.146 e. The number of aromatic nitrogens is 2. The molecule has 0 aliphatic heterocycles. The van der Waals surface area contributed by atoms with Crippen molar-refractivity contribution in [2.24, 2.45) is 0 Å². The highest BCUT2D eigenvalue weighted by Crippen LogP contribution is 2.15. The second kappa shape index (κ2) is 4.35. The lowest BCUT2D eigenvalue weighted by atomic mass is 10.3. The summed E-state index contributed by atoms with van der Waals surface area (Å²) in [6.07, 6.45) is 0. The van der Waals surface area contributed by atoms with Crippen molar-refractivity contribution < 1.29 is 4.39 Å². The SMILES string of the molecule is Cc1nnc(CNc2ccccc2F)s1. The molecule has 1 aromatic carbocycles. The number of anilines is 1. The Hall–Kier alpha value is -1.49. The van der Waals surface area contributed by atoms with E-state index >= 15 is 0 Å². The van der Waals surface area contributed by atoms with Gasteiger partial charge in [0.15, 0.2) is 0 Å². The number of hydrogen-bond acceptors (Lipinski definition) is 4. The molecule has 0 saturated heterocycles. The van der Waals surface area contributed by atoms with Crippen molar-refractivity contribution in [1.82, 2.24) is 10.2 Å². The molecular formula is C10H10FN3S. The van der Waals surface area contributed by atoms with Crippen LogP contribution in [0.25, 0.3) is 0 Å². The van der Waals surface area contributed by atoms with Crippen LogP contribution in [-0.2, 0) is 6.54 Å². The molecule has 1 aromatic heterocycles. The zero-order valence-electron chi connectivity index (χ0n) is 8.20. The molecule has 15 heavy (non-hydrogen) atoms. The number of nitrogens with zero attached hydrogens (tertiary/aromatic N) is 2. The van der Waals surface area contributed by atoms with Crippen LogP contribution in [0.1, 0.15) is 10.0 Å². The number of benzene rings is 1. The lowest BCUT2D eigenvalue weighted by Gasteiger charge is -2.03. The molecule has 2 aromatic rings. The van der Waals surface area contributed by atoms with Gasteiger partial charge in [0.2, 0.25) is 0 Å². The van der Waals surface area contributed by atoms with Gasteiger partial charge in [-0.2, -0.15) is 0 Å². The van der Waals surface area contributed by atoms with E-state index in [-0.39, 0.29) is 5.82 Å². The third-order valence-electron chi connectivity index (χ3n) is 1.87. The average molecular weight is 223 g/mol. The lowest BCUT2D eigenvalue weighted by Crippen LogP contribution is -2.00. The maximum atomic E-state index is 13.2. The Morgan fingerprint density at radius 2 is 2.13 bits per heavy atom. The van der Waals surface area contributed by atoms with Gasteiger partial charge in [-0.05, 0) is 19.1 Å². The van der Waals surface area contributed by atoms with Gasteiger partial charge < -0.3 is 5.32 Å². The fourth-order valence-electron chi connectivity index (χ4n) is 1.18. The summed E-state index contributed by atoms with van der Waals surface area (Å²) in [6, 6.07) is 6.57. The Kier molecular flexibility index (Phi) is 2.91. The summed E-state index contributed by atoms with van der Waals surface area (Å²) in [4.78, 5) is 0. The normalized spacial score (nSPS) is 10.3. The molecule has 0 aliphatic rings. The first-order valence-electron chi connectivity index (χ1n) is 4.53. The molecule has 2 rings (SSSR count). The van der Waals surface area contributed by atoms with Crippen LogP contribution in [0.3, 0.4) is 0 Å². The number of aryl methyl sites for hydroxylation is 1.